The van der Waals surface area contributed by atoms with Crippen molar-refractivity contribution in [2.24, 2.45) is 5.73 Å². The van der Waals surface area contributed by atoms with Gasteiger partial charge < -0.3 is 21.0 Å². The first-order valence-corrected chi connectivity index (χ1v) is 5.82. The highest BCUT2D eigenvalue weighted by Gasteiger charge is 2.05. The third-order valence-electron chi connectivity index (χ3n) is 2.63. The number of nitrogens with two attached hydrogens (primary N) is 1. The highest BCUT2D eigenvalue weighted by atomic mass is 16.1. The van der Waals surface area contributed by atoms with E-state index >= 15 is 0 Å². The Bertz CT molecular complexity index is 612. The molecule has 0 fully saturated rings. The normalized spacial score (nSPS) is 12.6. The van der Waals surface area contributed by atoms with Crippen LogP contribution in [0.1, 0.15) is 19.8 Å². The summed E-state index contributed by atoms with van der Waals surface area (Å²) in [6.07, 6.45) is 1.04. The van der Waals surface area contributed by atoms with Gasteiger partial charge in [0, 0.05) is 18.2 Å². The van der Waals surface area contributed by atoms with Gasteiger partial charge >= 0.3 is 5.69 Å². The van der Waals surface area contributed by atoms with Crippen LogP contribution < -0.4 is 16.7 Å². The molecule has 1 atom stereocenters. The fraction of sp³-hybridized carbons (Fsp3) is 0.333. The summed E-state index contributed by atoms with van der Waals surface area (Å²) in [6.45, 7) is 1.86. The van der Waals surface area contributed by atoms with E-state index in [-0.39, 0.29) is 17.6 Å². The molecule has 1 unspecified atom stereocenters. The van der Waals surface area contributed by atoms with Gasteiger partial charge in [-0.15, -0.1) is 0 Å². The van der Waals surface area contributed by atoms with E-state index in [4.69, 9.17) is 5.73 Å². The Morgan fingerprint density at radius 1 is 1.39 bits per heavy atom. The number of aromatic nitrogens is 2. The highest BCUT2D eigenvalue weighted by Crippen LogP contribution is 2.14. The molecule has 2 rings (SSSR count). The first-order chi connectivity index (χ1) is 8.54. The van der Waals surface area contributed by atoms with Crippen LogP contribution >= 0.6 is 0 Å². The molecule has 0 spiro atoms. The van der Waals surface area contributed by atoms with Crippen LogP contribution in [-0.4, -0.2) is 21.9 Å². The number of carbonyl (C=O) groups is 1. The molecule has 2 aromatic rings. The molecule has 0 saturated carbocycles. The van der Waals surface area contributed by atoms with Crippen LogP contribution in [0, 0.1) is 0 Å². The lowest BCUT2D eigenvalue weighted by Gasteiger charge is -2.06. The van der Waals surface area contributed by atoms with Gasteiger partial charge in [-0.05, 0) is 31.5 Å². The predicted octanol–water partition coefficient (Wildman–Crippen LogP) is 0.922. The number of fused-ring (bicyclic) bond motifs is 1. The quantitative estimate of drug-likeness (QED) is 0.646. The summed E-state index contributed by atoms with van der Waals surface area (Å²) in [5.74, 6) is -0.0791. The molecule has 5 N–H and O–H groups in total. The number of amides is 1. The summed E-state index contributed by atoms with van der Waals surface area (Å²) in [4.78, 5) is 28.0. The first kappa shape index (κ1) is 12.4. The monoisotopic (exact) mass is 248 g/mol. The molecule has 1 heterocycles. The molecule has 1 aromatic carbocycles. The van der Waals surface area contributed by atoms with E-state index in [9.17, 15) is 9.59 Å². The third kappa shape index (κ3) is 2.98. The number of rotatable bonds is 4. The summed E-state index contributed by atoms with van der Waals surface area (Å²) < 4.78 is 0. The van der Waals surface area contributed by atoms with E-state index in [0.29, 0.717) is 29.6 Å². The van der Waals surface area contributed by atoms with Crippen LogP contribution in [0.3, 0.4) is 0 Å². The largest absolute Gasteiger partial charge is 0.328 e. The van der Waals surface area contributed by atoms with Crippen molar-refractivity contribution >= 4 is 22.6 Å². The van der Waals surface area contributed by atoms with E-state index in [0.717, 1.165) is 0 Å². The highest BCUT2D eigenvalue weighted by molar-refractivity contribution is 5.92. The lowest BCUT2D eigenvalue weighted by atomic mass is 10.2. The number of anilines is 1. The van der Waals surface area contributed by atoms with Gasteiger partial charge in [0.2, 0.25) is 5.91 Å². The summed E-state index contributed by atoms with van der Waals surface area (Å²) in [5, 5.41) is 2.77. The summed E-state index contributed by atoms with van der Waals surface area (Å²) in [6, 6.07) is 5.22. The smallest absolute Gasteiger partial charge is 0.323 e. The van der Waals surface area contributed by atoms with Crippen LogP contribution in [0.5, 0.6) is 0 Å². The van der Waals surface area contributed by atoms with Crippen LogP contribution in [-0.2, 0) is 4.79 Å². The zero-order chi connectivity index (χ0) is 13.1. The van der Waals surface area contributed by atoms with E-state index in [2.05, 4.69) is 15.3 Å². The predicted molar refractivity (Wildman–Crippen MR) is 70.4 cm³/mol. The number of aromatic amines is 2. The maximum absolute atomic E-state index is 11.6. The second kappa shape index (κ2) is 5.05. The minimum absolute atomic E-state index is 0.0132. The minimum Gasteiger partial charge on any atom is -0.328 e. The lowest BCUT2D eigenvalue weighted by Crippen LogP contribution is -2.19. The fourth-order valence-corrected chi connectivity index (χ4v) is 1.69. The van der Waals surface area contributed by atoms with E-state index in [1.165, 1.54) is 0 Å². The molecule has 0 aliphatic heterocycles. The van der Waals surface area contributed by atoms with Gasteiger partial charge in [-0.3, -0.25) is 4.79 Å². The van der Waals surface area contributed by atoms with Crippen molar-refractivity contribution in [3.05, 3.63) is 28.7 Å². The summed E-state index contributed by atoms with van der Waals surface area (Å²) in [5.41, 5.74) is 7.38. The SMILES string of the molecule is CC(N)CCC(=O)Nc1ccc2[nH]c(=O)[nH]c2c1. The zero-order valence-corrected chi connectivity index (χ0v) is 10.1. The average molecular weight is 248 g/mol. The van der Waals surface area contributed by atoms with Gasteiger partial charge in [0.05, 0.1) is 11.0 Å². The number of carbonyl (C=O) groups excluding carboxylic acids is 1. The van der Waals surface area contributed by atoms with Crippen molar-refractivity contribution in [2.45, 2.75) is 25.8 Å². The molecular weight excluding hydrogens is 232 g/mol. The minimum atomic E-state index is -0.259. The Hall–Kier alpha value is -2.08. The molecular formula is C12H16N4O2. The molecule has 96 valence electrons. The standard InChI is InChI=1S/C12H16N4O2/c1-7(13)2-5-11(17)14-8-3-4-9-10(6-8)16-12(18)15-9/h3-4,6-7H,2,5,13H2,1H3,(H,14,17)(H2,15,16,18). The fourth-order valence-electron chi connectivity index (χ4n) is 1.69. The number of hydrogen-bond acceptors (Lipinski definition) is 3. The van der Waals surface area contributed by atoms with Crippen molar-refractivity contribution in [1.82, 2.24) is 9.97 Å². The van der Waals surface area contributed by atoms with Crippen molar-refractivity contribution in [1.29, 1.82) is 0 Å². The van der Waals surface area contributed by atoms with Gasteiger partial charge in [0.15, 0.2) is 0 Å². The maximum atomic E-state index is 11.6. The Balaban J connectivity index is 2.07. The molecule has 1 amide bonds. The second-order valence-corrected chi connectivity index (χ2v) is 4.40. The average Bonchev–Trinajstić information content (AvgIpc) is 2.66. The summed E-state index contributed by atoms with van der Waals surface area (Å²) >= 11 is 0. The number of H-pyrrole nitrogens is 2. The molecule has 0 saturated heterocycles. The number of benzene rings is 1. The van der Waals surface area contributed by atoms with Crippen LogP contribution in [0.25, 0.3) is 11.0 Å². The van der Waals surface area contributed by atoms with E-state index < -0.39 is 0 Å². The molecule has 0 aliphatic rings. The molecule has 6 heteroatoms. The zero-order valence-electron chi connectivity index (χ0n) is 10.1. The Morgan fingerprint density at radius 2 is 2.11 bits per heavy atom. The first-order valence-electron chi connectivity index (χ1n) is 5.82. The molecule has 0 radical (unpaired) electrons. The molecule has 0 aliphatic carbocycles. The Kier molecular flexibility index (Phi) is 3.47. The van der Waals surface area contributed by atoms with Crippen LogP contribution in [0.4, 0.5) is 5.69 Å². The van der Waals surface area contributed by atoms with Gasteiger partial charge in [0.25, 0.3) is 0 Å². The molecule has 0 bridgehead atoms. The van der Waals surface area contributed by atoms with Crippen molar-refractivity contribution in [3.63, 3.8) is 0 Å². The van der Waals surface area contributed by atoms with Crippen LogP contribution in [0.2, 0.25) is 0 Å². The molecule has 1 aromatic heterocycles. The van der Waals surface area contributed by atoms with Gasteiger partial charge in [-0.2, -0.15) is 0 Å². The molecule has 18 heavy (non-hydrogen) atoms. The van der Waals surface area contributed by atoms with Gasteiger partial charge in [-0.1, -0.05) is 0 Å². The van der Waals surface area contributed by atoms with Crippen molar-refractivity contribution in [3.8, 4) is 0 Å². The van der Waals surface area contributed by atoms with Crippen molar-refractivity contribution in [2.75, 3.05) is 5.32 Å². The second-order valence-electron chi connectivity index (χ2n) is 4.40. The number of hydrogen-bond donors (Lipinski definition) is 4. The van der Waals surface area contributed by atoms with Gasteiger partial charge in [-0.25, -0.2) is 4.79 Å². The van der Waals surface area contributed by atoms with E-state index in [1.54, 1.807) is 18.2 Å². The Morgan fingerprint density at radius 3 is 2.83 bits per heavy atom. The number of imidazole rings is 1. The van der Waals surface area contributed by atoms with Crippen molar-refractivity contribution < 1.29 is 4.79 Å². The summed E-state index contributed by atoms with van der Waals surface area (Å²) in [7, 11) is 0. The van der Waals surface area contributed by atoms with Gasteiger partial charge in [0.1, 0.15) is 0 Å². The molecule has 6 nitrogen and oxygen atoms in total. The lowest BCUT2D eigenvalue weighted by molar-refractivity contribution is -0.116. The van der Waals surface area contributed by atoms with E-state index in [1.807, 2.05) is 6.92 Å². The topological polar surface area (TPSA) is 104 Å². The number of nitrogens with one attached hydrogen (secondary N) is 3. The van der Waals surface area contributed by atoms with Crippen LogP contribution in [0.15, 0.2) is 23.0 Å². The maximum Gasteiger partial charge on any atom is 0.323 e. The Labute approximate surface area is 104 Å². The third-order valence-corrected chi connectivity index (χ3v) is 2.63.